The van der Waals surface area contributed by atoms with Gasteiger partial charge in [-0.1, -0.05) is 41.7 Å². The Bertz CT molecular complexity index is 956. The van der Waals surface area contributed by atoms with Gasteiger partial charge in [-0.05, 0) is 24.3 Å². The number of benzene rings is 2. The van der Waals surface area contributed by atoms with Crippen LogP contribution in [0.5, 0.6) is 5.88 Å². The standard InChI is InChI=1S/C15H10N4OS/c20-14-13(18-17-10-6-2-1-3-7-10)21-15-16-11-8-4-5-9-12(11)19(14)15/h1-9,20H. The van der Waals surface area contributed by atoms with Crippen molar-refractivity contribution in [1.82, 2.24) is 9.38 Å². The summed E-state index contributed by atoms with van der Waals surface area (Å²) >= 11 is 1.31. The van der Waals surface area contributed by atoms with Crippen molar-refractivity contribution in [1.29, 1.82) is 0 Å². The van der Waals surface area contributed by atoms with Crippen molar-refractivity contribution in [3.05, 3.63) is 54.6 Å². The van der Waals surface area contributed by atoms with E-state index < -0.39 is 0 Å². The predicted molar refractivity (Wildman–Crippen MR) is 82.9 cm³/mol. The monoisotopic (exact) mass is 294 g/mol. The van der Waals surface area contributed by atoms with Crippen LogP contribution in [0.3, 0.4) is 0 Å². The van der Waals surface area contributed by atoms with E-state index in [9.17, 15) is 5.11 Å². The molecule has 2 aromatic carbocycles. The third kappa shape index (κ3) is 1.96. The number of fused-ring (bicyclic) bond motifs is 3. The van der Waals surface area contributed by atoms with E-state index in [-0.39, 0.29) is 5.88 Å². The normalized spacial score (nSPS) is 11.8. The Morgan fingerprint density at radius 1 is 0.952 bits per heavy atom. The minimum Gasteiger partial charge on any atom is -0.492 e. The molecular formula is C15H10N4OS. The molecular weight excluding hydrogens is 284 g/mol. The zero-order chi connectivity index (χ0) is 14.2. The number of rotatable bonds is 2. The lowest BCUT2D eigenvalue weighted by atomic mass is 10.3. The first-order valence-electron chi connectivity index (χ1n) is 6.39. The molecule has 6 heteroatoms. The number of azo groups is 1. The number of nitrogens with zero attached hydrogens (tertiary/aromatic N) is 4. The van der Waals surface area contributed by atoms with Gasteiger partial charge in [0.05, 0.1) is 16.7 Å². The van der Waals surface area contributed by atoms with Crippen LogP contribution in [0.25, 0.3) is 16.0 Å². The molecule has 0 saturated heterocycles. The summed E-state index contributed by atoms with van der Waals surface area (Å²) in [5.41, 5.74) is 2.46. The van der Waals surface area contributed by atoms with Crippen LogP contribution in [0.15, 0.2) is 64.8 Å². The van der Waals surface area contributed by atoms with Gasteiger partial charge in [0, 0.05) is 0 Å². The third-order valence-corrected chi connectivity index (χ3v) is 4.05. The van der Waals surface area contributed by atoms with Crippen molar-refractivity contribution in [3.8, 4) is 5.88 Å². The molecule has 0 spiro atoms. The van der Waals surface area contributed by atoms with E-state index in [1.54, 1.807) is 4.40 Å². The second-order valence-electron chi connectivity index (χ2n) is 4.48. The number of hydrogen-bond donors (Lipinski definition) is 1. The number of imidazole rings is 1. The second-order valence-corrected chi connectivity index (χ2v) is 5.44. The fourth-order valence-corrected chi connectivity index (χ4v) is 3.02. The summed E-state index contributed by atoms with van der Waals surface area (Å²) in [6.45, 7) is 0. The average Bonchev–Trinajstić information content (AvgIpc) is 3.03. The Labute approximate surface area is 123 Å². The van der Waals surface area contributed by atoms with Gasteiger partial charge in [0.25, 0.3) is 0 Å². The van der Waals surface area contributed by atoms with Crippen LogP contribution < -0.4 is 0 Å². The summed E-state index contributed by atoms with van der Waals surface area (Å²) in [7, 11) is 0. The first-order chi connectivity index (χ1) is 10.3. The van der Waals surface area contributed by atoms with E-state index in [4.69, 9.17) is 0 Å². The van der Waals surface area contributed by atoms with Gasteiger partial charge in [0.1, 0.15) is 0 Å². The number of aromatic hydroxyl groups is 1. The fraction of sp³-hybridized carbons (Fsp3) is 0. The van der Waals surface area contributed by atoms with Crippen molar-refractivity contribution >= 4 is 38.0 Å². The number of thiazole rings is 1. The Morgan fingerprint density at radius 3 is 2.57 bits per heavy atom. The molecule has 0 bridgehead atoms. The maximum Gasteiger partial charge on any atom is 0.237 e. The van der Waals surface area contributed by atoms with Crippen LogP contribution in [0.2, 0.25) is 0 Å². The minimum absolute atomic E-state index is 0.0726. The summed E-state index contributed by atoms with van der Waals surface area (Å²) < 4.78 is 1.69. The zero-order valence-electron chi connectivity index (χ0n) is 10.8. The van der Waals surface area contributed by atoms with Gasteiger partial charge in [0.15, 0.2) is 4.96 Å². The highest BCUT2D eigenvalue weighted by atomic mass is 32.1. The lowest BCUT2D eigenvalue weighted by Crippen LogP contribution is -1.77. The summed E-state index contributed by atoms with van der Waals surface area (Å²) in [6.07, 6.45) is 0. The van der Waals surface area contributed by atoms with E-state index in [1.165, 1.54) is 11.3 Å². The highest BCUT2D eigenvalue weighted by Crippen LogP contribution is 2.39. The van der Waals surface area contributed by atoms with Gasteiger partial charge in [0.2, 0.25) is 10.9 Å². The van der Waals surface area contributed by atoms with Crippen molar-refractivity contribution < 1.29 is 5.11 Å². The van der Waals surface area contributed by atoms with Crippen molar-refractivity contribution in [2.75, 3.05) is 0 Å². The number of aromatic nitrogens is 2. The molecule has 0 radical (unpaired) electrons. The summed E-state index contributed by atoms with van der Waals surface area (Å²) in [4.78, 5) is 5.18. The SMILES string of the molecule is Oc1c(N=Nc2ccccc2)sc2nc3ccccc3n12. The Hall–Kier alpha value is -2.73. The molecule has 0 aliphatic carbocycles. The molecule has 0 saturated carbocycles. The van der Waals surface area contributed by atoms with Crippen molar-refractivity contribution in [2.45, 2.75) is 0 Å². The Balaban J connectivity index is 1.83. The van der Waals surface area contributed by atoms with E-state index >= 15 is 0 Å². The predicted octanol–water partition coefficient (Wildman–Crippen LogP) is 4.67. The van der Waals surface area contributed by atoms with Crippen LogP contribution in [0.1, 0.15) is 0 Å². The van der Waals surface area contributed by atoms with Gasteiger partial charge in [-0.15, -0.1) is 10.2 Å². The van der Waals surface area contributed by atoms with E-state index in [1.807, 2.05) is 54.6 Å². The lowest BCUT2D eigenvalue weighted by molar-refractivity contribution is 0.453. The molecule has 0 fully saturated rings. The lowest BCUT2D eigenvalue weighted by Gasteiger charge is -1.93. The molecule has 0 aliphatic heterocycles. The summed E-state index contributed by atoms with van der Waals surface area (Å²) in [6, 6.07) is 17.1. The van der Waals surface area contributed by atoms with Crippen LogP contribution >= 0.6 is 11.3 Å². The quantitative estimate of drug-likeness (QED) is 0.546. The molecule has 0 unspecified atom stereocenters. The molecule has 1 N–H and O–H groups in total. The maximum atomic E-state index is 10.3. The molecule has 2 heterocycles. The zero-order valence-corrected chi connectivity index (χ0v) is 11.7. The molecule has 5 nitrogen and oxygen atoms in total. The largest absolute Gasteiger partial charge is 0.492 e. The van der Waals surface area contributed by atoms with Crippen LogP contribution in [-0.2, 0) is 0 Å². The van der Waals surface area contributed by atoms with Gasteiger partial charge < -0.3 is 5.11 Å². The smallest absolute Gasteiger partial charge is 0.237 e. The van der Waals surface area contributed by atoms with Crippen LogP contribution in [0.4, 0.5) is 10.7 Å². The van der Waals surface area contributed by atoms with E-state index in [0.29, 0.717) is 9.96 Å². The van der Waals surface area contributed by atoms with E-state index in [0.717, 1.165) is 16.7 Å². The average molecular weight is 294 g/mol. The molecule has 4 rings (SSSR count). The second kappa shape index (κ2) is 4.68. The summed E-state index contributed by atoms with van der Waals surface area (Å²) in [5.74, 6) is 0.0726. The molecule has 0 aliphatic rings. The number of hydrogen-bond acceptors (Lipinski definition) is 5. The maximum absolute atomic E-state index is 10.3. The minimum atomic E-state index is 0.0726. The van der Waals surface area contributed by atoms with Gasteiger partial charge >= 0.3 is 0 Å². The molecule has 0 atom stereocenters. The third-order valence-electron chi connectivity index (χ3n) is 3.13. The molecule has 2 aromatic heterocycles. The molecule has 102 valence electrons. The van der Waals surface area contributed by atoms with Crippen LogP contribution in [0, 0.1) is 0 Å². The van der Waals surface area contributed by atoms with Crippen LogP contribution in [-0.4, -0.2) is 14.5 Å². The van der Waals surface area contributed by atoms with Gasteiger partial charge in [-0.3, -0.25) is 4.40 Å². The Morgan fingerprint density at radius 2 is 1.71 bits per heavy atom. The van der Waals surface area contributed by atoms with Crippen molar-refractivity contribution in [3.63, 3.8) is 0 Å². The highest BCUT2D eigenvalue weighted by Gasteiger charge is 2.15. The molecule has 0 amide bonds. The first-order valence-corrected chi connectivity index (χ1v) is 7.20. The van der Waals surface area contributed by atoms with Gasteiger partial charge in [-0.25, -0.2) is 4.98 Å². The first kappa shape index (κ1) is 12.0. The number of para-hydroxylation sites is 2. The summed E-state index contributed by atoms with van der Waals surface area (Å²) in [5, 5.41) is 19.0. The van der Waals surface area contributed by atoms with Crippen molar-refractivity contribution in [2.24, 2.45) is 10.2 Å². The topological polar surface area (TPSA) is 62.2 Å². The molecule has 21 heavy (non-hydrogen) atoms. The highest BCUT2D eigenvalue weighted by molar-refractivity contribution is 7.21. The fourth-order valence-electron chi connectivity index (χ4n) is 2.17. The Kier molecular flexibility index (Phi) is 2.68. The van der Waals surface area contributed by atoms with Gasteiger partial charge in [-0.2, -0.15) is 0 Å². The van der Waals surface area contributed by atoms with E-state index in [2.05, 4.69) is 15.2 Å². The molecule has 4 aromatic rings.